The summed E-state index contributed by atoms with van der Waals surface area (Å²) in [6.45, 7) is 10.1. The van der Waals surface area contributed by atoms with Crippen LogP contribution in [-0.2, 0) is 0 Å². The molecule has 0 saturated heterocycles. The predicted molar refractivity (Wildman–Crippen MR) is 74.0 cm³/mol. The third-order valence-electron chi connectivity index (χ3n) is 3.33. The molecule has 1 aromatic rings. The Morgan fingerprint density at radius 2 is 2.00 bits per heavy atom. The summed E-state index contributed by atoms with van der Waals surface area (Å²) in [4.78, 5) is 11.6. The van der Waals surface area contributed by atoms with Gasteiger partial charge in [-0.3, -0.25) is 4.79 Å². The van der Waals surface area contributed by atoms with E-state index in [4.69, 9.17) is 0 Å². The number of aryl methyl sites for hydroxylation is 1. The second-order valence-corrected chi connectivity index (χ2v) is 5.31. The van der Waals surface area contributed by atoms with E-state index in [-0.39, 0.29) is 5.78 Å². The number of nitrogens with zero attached hydrogens (tertiary/aromatic N) is 1. The molecule has 1 aromatic heterocycles. The van der Waals surface area contributed by atoms with Crippen LogP contribution in [0.3, 0.4) is 0 Å². The molecule has 1 N–H and O–H groups in total. The van der Waals surface area contributed by atoms with Crippen molar-refractivity contribution >= 4 is 22.3 Å². The van der Waals surface area contributed by atoms with E-state index >= 15 is 0 Å². The largest absolute Gasteiger partial charge is 0.372 e. The Balaban J connectivity index is 2.84. The number of hydrogen-bond donors (Lipinski definition) is 1. The highest BCUT2D eigenvalue weighted by Gasteiger charge is 2.19. The molecule has 3 nitrogen and oxygen atoms in total. The summed E-state index contributed by atoms with van der Waals surface area (Å²) in [5.74, 6) is 0.729. The van der Waals surface area contributed by atoms with Crippen LogP contribution in [0, 0.1) is 12.8 Å². The van der Waals surface area contributed by atoms with Gasteiger partial charge in [-0.05, 0) is 38.2 Å². The minimum atomic E-state index is 0.0931. The van der Waals surface area contributed by atoms with E-state index in [1.165, 1.54) is 11.5 Å². The van der Waals surface area contributed by atoms with Crippen LogP contribution in [0.4, 0.5) is 5.00 Å². The van der Waals surface area contributed by atoms with Crippen molar-refractivity contribution in [2.24, 2.45) is 5.92 Å². The molecule has 96 valence electrons. The molecule has 0 aliphatic rings. The van der Waals surface area contributed by atoms with Crippen LogP contribution in [-0.4, -0.2) is 16.2 Å². The van der Waals surface area contributed by atoms with E-state index in [0.717, 1.165) is 29.1 Å². The molecule has 1 heterocycles. The first-order chi connectivity index (χ1) is 8.01. The number of anilines is 1. The number of carbonyl (C=O) groups excluding carboxylic acids is 1. The molecule has 1 rings (SSSR count). The molecule has 0 amide bonds. The third kappa shape index (κ3) is 3.28. The summed E-state index contributed by atoms with van der Waals surface area (Å²) >= 11 is 1.39. The van der Waals surface area contributed by atoms with E-state index in [1.54, 1.807) is 6.92 Å². The summed E-state index contributed by atoms with van der Waals surface area (Å²) < 4.78 is 4.26. The number of nitrogens with one attached hydrogen (secondary N) is 1. The normalized spacial score (nSPS) is 12.8. The molecule has 0 aliphatic carbocycles. The molecule has 1 atom stereocenters. The van der Waals surface area contributed by atoms with Gasteiger partial charge in [0.1, 0.15) is 5.00 Å². The van der Waals surface area contributed by atoms with Crippen molar-refractivity contribution in [3.63, 3.8) is 0 Å². The predicted octanol–water partition coefficient (Wildman–Crippen LogP) is 3.89. The summed E-state index contributed by atoms with van der Waals surface area (Å²) in [7, 11) is 0. The van der Waals surface area contributed by atoms with E-state index in [2.05, 4.69) is 30.5 Å². The zero-order valence-electron chi connectivity index (χ0n) is 11.3. The van der Waals surface area contributed by atoms with E-state index < -0.39 is 0 Å². The van der Waals surface area contributed by atoms with Crippen molar-refractivity contribution in [3.8, 4) is 0 Å². The monoisotopic (exact) mass is 254 g/mol. The molecule has 0 aromatic carbocycles. The van der Waals surface area contributed by atoms with Crippen LogP contribution < -0.4 is 5.32 Å². The molecule has 0 bridgehead atoms. The van der Waals surface area contributed by atoms with Crippen molar-refractivity contribution in [2.45, 2.75) is 53.5 Å². The first-order valence-electron chi connectivity index (χ1n) is 6.24. The number of Topliss-reactive ketones (excluding diaryl/α,β-unsaturated/α-hetero) is 1. The second kappa shape index (κ2) is 6.15. The first-order valence-corrected chi connectivity index (χ1v) is 7.02. The van der Waals surface area contributed by atoms with Gasteiger partial charge in [-0.15, -0.1) is 0 Å². The van der Waals surface area contributed by atoms with Crippen LogP contribution in [0.1, 0.15) is 56.6 Å². The van der Waals surface area contributed by atoms with Crippen molar-refractivity contribution in [1.82, 2.24) is 4.37 Å². The van der Waals surface area contributed by atoms with Gasteiger partial charge in [-0.2, -0.15) is 4.37 Å². The Bertz CT molecular complexity index is 383. The SMILES string of the molecule is CCC(CC)C(C)Nc1snc(C)c1C(C)=O. The number of rotatable bonds is 6. The second-order valence-electron chi connectivity index (χ2n) is 4.54. The Hall–Kier alpha value is -0.900. The van der Waals surface area contributed by atoms with Gasteiger partial charge in [0, 0.05) is 6.04 Å². The van der Waals surface area contributed by atoms with Gasteiger partial charge < -0.3 is 5.32 Å². The van der Waals surface area contributed by atoms with Crippen molar-refractivity contribution in [2.75, 3.05) is 5.32 Å². The van der Waals surface area contributed by atoms with Crippen LogP contribution in [0.25, 0.3) is 0 Å². The lowest BCUT2D eigenvalue weighted by Crippen LogP contribution is -2.25. The molecule has 0 spiro atoms. The minimum absolute atomic E-state index is 0.0931. The highest BCUT2D eigenvalue weighted by molar-refractivity contribution is 7.10. The molecule has 0 fully saturated rings. The lowest BCUT2D eigenvalue weighted by molar-refractivity contribution is 0.101. The molecule has 0 aliphatic heterocycles. The third-order valence-corrected chi connectivity index (χ3v) is 4.20. The van der Waals surface area contributed by atoms with Gasteiger partial charge in [-0.25, -0.2) is 0 Å². The number of carbonyl (C=O) groups is 1. The molecule has 4 heteroatoms. The van der Waals surface area contributed by atoms with Gasteiger partial charge in [0.05, 0.1) is 11.3 Å². The summed E-state index contributed by atoms with van der Waals surface area (Å²) in [5, 5.41) is 4.38. The number of ketones is 1. The quantitative estimate of drug-likeness (QED) is 0.783. The van der Waals surface area contributed by atoms with Gasteiger partial charge in [0.15, 0.2) is 5.78 Å². The fraction of sp³-hybridized carbons (Fsp3) is 0.692. The number of hydrogen-bond acceptors (Lipinski definition) is 4. The van der Waals surface area contributed by atoms with E-state index in [9.17, 15) is 4.79 Å². The lowest BCUT2D eigenvalue weighted by atomic mass is 9.95. The van der Waals surface area contributed by atoms with Crippen LogP contribution in [0.2, 0.25) is 0 Å². The summed E-state index contributed by atoms with van der Waals surface area (Å²) in [6.07, 6.45) is 2.30. The topological polar surface area (TPSA) is 42.0 Å². The van der Waals surface area contributed by atoms with Crippen LogP contribution >= 0.6 is 11.5 Å². The Kier molecular flexibility index (Phi) is 5.12. The van der Waals surface area contributed by atoms with Crippen LogP contribution in [0.15, 0.2) is 0 Å². The van der Waals surface area contributed by atoms with Gasteiger partial charge >= 0.3 is 0 Å². The average molecular weight is 254 g/mol. The lowest BCUT2D eigenvalue weighted by Gasteiger charge is -2.22. The Morgan fingerprint density at radius 3 is 2.47 bits per heavy atom. The molecule has 0 radical (unpaired) electrons. The smallest absolute Gasteiger partial charge is 0.164 e. The highest BCUT2D eigenvalue weighted by Crippen LogP contribution is 2.27. The fourth-order valence-corrected chi connectivity index (χ4v) is 3.14. The number of aromatic nitrogens is 1. The summed E-state index contributed by atoms with van der Waals surface area (Å²) in [6, 6.07) is 0.378. The molecule has 17 heavy (non-hydrogen) atoms. The maximum atomic E-state index is 11.6. The van der Waals surface area contributed by atoms with E-state index in [1.807, 2.05) is 6.92 Å². The minimum Gasteiger partial charge on any atom is -0.372 e. The maximum absolute atomic E-state index is 11.6. The molecule has 0 saturated carbocycles. The molecular formula is C13H22N2OS. The van der Waals surface area contributed by atoms with Crippen molar-refractivity contribution in [1.29, 1.82) is 0 Å². The average Bonchev–Trinajstić information content (AvgIpc) is 2.61. The highest BCUT2D eigenvalue weighted by atomic mass is 32.1. The van der Waals surface area contributed by atoms with Gasteiger partial charge in [0.2, 0.25) is 0 Å². The Morgan fingerprint density at radius 1 is 1.41 bits per heavy atom. The maximum Gasteiger partial charge on any atom is 0.164 e. The van der Waals surface area contributed by atoms with Crippen molar-refractivity contribution in [3.05, 3.63) is 11.3 Å². The standard InChI is InChI=1S/C13H22N2OS/c1-6-11(7-2)8(3)14-13-12(10(5)16)9(4)15-17-13/h8,11,14H,6-7H2,1-5H3. The molecular weight excluding hydrogens is 232 g/mol. The first kappa shape index (κ1) is 14.2. The van der Waals surface area contributed by atoms with Crippen molar-refractivity contribution < 1.29 is 4.79 Å². The Labute approximate surface area is 108 Å². The fourth-order valence-electron chi connectivity index (χ4n) is 2.20. The van der Waals surface area contributed by atoms with E-state index in [0.29, 0.717) is 12.0 Å². The molecule has 1 unspecified atom stereocenters. The zero-order chi connectivity index (χ0) is 13.0. The summed E-state index contributed by atoms with van der Waals surface area (Å²) in [5.41, 5.74) is 1.59. The van der Waals surface area contributed by atoms with Crippen LogP contribution in [0.5, 0.6) is 0 Å². The van der Waals surface area contributed by atoms with Gasteiger partial charge in [-0.1, -0.05) is 26.7 Å². The van der Waals surface area contributed by atoms with Gasteiger partial charge in [0.25, 0.3) is 0 Å². The zero-order valence-corrected chi connectivity index (χ0v) is 12.1.